The molecule has 17 heavy (non-hydrogen) atoms. The van der Waals surface area contributed by atoms with Crippen molar-refractivity contribution in [1.82, 2.24) is 5.32 Å². The lowest BCUT2D eigenvalue weighted by atomic mass is 10.1. The van der Waals surface area contributed by atoms with Crippen LogP contribution >= 0.6 is 15.9 Å². The quantitative estimate of drug-likeness (QED) is 0.803. The van der Waals surface area contributed by atoms with Gasteiger partial charge in [0.15, 0.2) is 0 Å². The average Bonchev–Trinajstić information content (AvgIpc) is 2.23. The molecule has 0 radical (unpaired) electrons. The molecule has 2 amide bonds. The predicted molar refractivity (Wildman–Crippen MR) is 67.4 cm³/mol. The maximum Gasteiger partial charge on any atom is 0.319 e. The van der Waals surface area contributed by atoms with Gasteiger partial charge in [-0.1, -0.05) is 0 Å². The lowest BCUT2D eigenvalue weighted by Gasteiger charge is -2.23. The van der Waals surface area contributed by atoms with Gasteiger partial charge in [-0.25, -0.2) is 9.18 Å². The first-order valence-corrected chi connectivity index (χ1v) is 5.78. The monoisotopic (exact) mass is 304 g/mol. The molecule has 0 heterocycles. The molecule has 0 aliphatic heterocycles. The number of urea groups is 1. The van der Waals surface area contributed by atoms with Crippen molar-refractivity contribution in [1.29, 1.82) is 0 Å². The second-order valence-corrected chi connectivity index (χ2v) is 5.10. The van der Waals surface area contributed by atoms with Gasteiger partial charge in [0.25, 0.3) is 0 Å². The molecule has 0 fully saturated rings. The van der Waals surface area contributed by atoms with Crippen LogP contribution in [0, 0.1) is 5.82 Å². The van der Waals surface area contributed by atoms with Gasteiger partial charge >= 0.3 is 6.03 Å². The summed E-state index contributed by atoms with van der Waals surface area (Å²) < 4.78 is 13.5. The summed E-state index contributed by atoms with van der Waals surface area (Å²) in [5.74, 6) is -0.440. The molecule has 0 unspecified atom stereocenters. The van der Waals surface area contributed by atoms with E-state index in [9.17, 15) is 9.18 Å². The van der Waals surface area contributed by atoms with Crippen LogP contribution in [0.3, 0.4) is 0 Å². The zero-order valence-corrected chi connectivity index (χ0v) is 11.1. The molecule has 1 aromatic carbocycles. The summed E-state index contributed by atoms with van der Waals surface area (Å²) in [5.41, 5.74) is -0.402. The molecule has 0 aliphatic carbocycles. The summed E-state index contributed by atoms with van der Waals surface area (Å²) in [4.78, 5) is 11.6. The fraction of sp³-hybridized carbons (Fsp3) is 0.364. The van der Waals surface area contributed by atoms with E-state index in [2.05, 4.69) is 26.6 Å². The van der Waals surface area contributed by atoms with E-state index in [1.807, 2.05) is 0 Å². The van der Waals surface area contributed by atoms with Crippen LogP contribution in [0.4, 0.5) is 14.9 Å². The fourth-order valence-corrected chi connectivity index (χ4v) is 1.44. The second kappa shape index (κ2) is 5.46. The van der Waals surface area contributed by atoms with Gasteiger partial charge in [-0.3, -0.25) is 0 Å². The zero-order valence-electron chi connectivity index (χ0n) is 9.55. The van der Waals surface area contributed by atoms with E-state index in [1.54, 1.807) is 13.8 Å². The van der Waals surface area contributed by atoms with Crippen LogP contribution in [0.1, 0.15) is 13.8 Å². The molecule has 0 aromatic heterocycles. The topological polar surface area (TPSA) is 61.4 Å². The van der Waals surface area contributed by atoms with Gasteiger partial charge in [-0.2, -0.15) is 0 Å². The van der Waals surface area contributed by atoms with Crippen LogP contribution in [0.15, 0.2) is 22.7 Å². The number of amides is 2. The molecule has 3 N–H and O–H groups in total. The molecule has 94 valence electrons. The number of halogens is 2. The van der Waals surface area contributed by atoms with Crippen LogP contribution < -0.4 is 10.6 Å². The maximum absolute atomic E-state index is 13.0. The van der Waals surface area contributed by atoms with Crippen molar-refractivity contribution in [3.8, 4) is 0 Å². The van der Waals surface area contributed by atoms with Gasteiger partial charge in [0.1, 0.15) is 5.82 Å². The summed E-state index contributed by atoms with van der Waals surface area (Å²) >= 11 is 3.20. The highest BCUT2D eigenvalue weighted by Gasteiger charge is 2.19. The third-order valence-corrected chi connectivity index (χ3v) is 2.72. The smallest absolute Gasteiger partial charge is 0.319 e. The number of nitrogens with one attached hydrogen (secondary N) is 2. The van der Waals surface area contributed by atoms with E-state index < -0.39 is 17.4 Å². The Balaban J connectivity index is 2.71. The molecular formula is C11H14BrFN2O2. The number of carbonyl (C=O) groups excluding carboxylic acids is 1. The minimum atomic E-state index is -0.732. The number of aliphatic hydroxyl groups excluding tert-OH is 1. The van der Waals surface area contributed by atoms with Gasteiger partial charge in [-0.05, 0) is 48.0 Å². The molecule has 0 aliphatic rings. The van der Waals surface area contributed by atoms with E-state index >= 15 is 0 Å². The number of carbonyl (C=O) groups is 1. The molecule has 1 aromatic rings. The molecule has 4 nitrogen and oxygen atoms in total. The number of hydrogen-bond acceptors (Lipinski definition) is 2. The molecule has 1 rings (SSSR count). The molecule has 0 bridgehead atoms. The van der Waals surface area contributed by atoms with Gasteiger partial charge in [-0.15, -0.1) is 0 Å². The zero-order chi connectivity index (χ0) is 13.1. The Kier molecular flexibility index (Phi) is 4.47. The summed E-state index contributed by atoms with van der Waals surface area (Å²) in [6, 6.07) is 3.48. The second-order valence-electron chi connectivity index (χ2n) is 4.25. The Morgan fingerprint density at radius 2 is 2.18 bits per heavy atom. The molecule has 6 heteroatoms. The molecular weight excluding hydrogens is 291 g/mol. The van der Waals surface area contributed by atoms with Crippen molar-refractivity contribution in [2.24, 2.45) is 0 Å². The van der Waals surface area contributed by atoms with Crippen LogP contribution in [0.2, 0.25) is 0 Å². The molecule has 0 atom stereocenters. The van der Waals surface area contributed by atoms with Gasteiger partial charge in [0.2, 0.25) is 0 Å². The van der Waals surface area contributed by atoms with E-state index in [0.29, 0.717) is 10.2 Å². The largest absolute Gasteiger partial charge is 0.394 e. The summed E-state index contributed by atoms with van der Waals surface area (Å²) in [6.45, 7) is 3.16. The van der Waals surface area contributed by atoms with Crippen LogP contribution in [0.5, 0.6) is 0 Å². The van der Waals surface area contributed by atoms with Crippen molar-refractivity contribution in [2.45, 2.75) is 19.4 Å². The minimum Gasteiger partial charge on any atom is -0.394 e. The Hall–Kier alpha value is -1.14. The van der Waals surface area contributed by atoms with E-state index in [-0.39, 0.29) is 6.61 Å². The van der Waals surface area contributed by atoms with Gasteiger partial charge in [0, 0.05) is 4.47 Å². The maximum atomic E-state index is 13.0. The van der Waals surface area contributed by atoms with Gasteiger partial charge in [0.05, 0.1) is 17.8 Å². The lowest BCUT2D eigenvalue weighted by molar-refractivity contribution is 0.187. The Morgan fingerprint density at radius 3 is 2.76 bits per heavy atom. The predicted octanol–water partition coefficient (Wildman–Crippen LogP) is 2.48. The molecule has 0 spiro atoms. The van der Waals surface area contributed by atoms with Crippen molar-refractivity contribution in [3.05, 3.63) is 28.5 Å². The highest BCUT2D eigenvalue weighted by Crippen LogP contribution is 2.22. The van der Waals surface area contributed by atoms with Crippen LogP contribution in [-0.4, -0.2) is 23.3 Å². The van der Waals surface area contributed by atoms with E-state index in [1.165, 1.54) is 18.2 Å². The van der Waals surface area contributed by atoms with Gasteiger partial charge < -0.3 is 15.7 Å². The highest BCUT2D eigenvalue weighted by atomic mass is 79.9. The standard InChI is InChI=1S/C11H14BrFN2O2/c1-11(2,6-16)15-10(17)14-9-5-7(13)3-4-8(9)12/h3-5,16H,6H2,1-2H3,(H2,14,15,17). The Bertz CT molecular complexity index is 424. The SMILES string of the molecule is CC(C)(CO)NC(=O)Nc1cc(F)ccc1Br. The first-order chi connectivity index (χ1) is 7.84. The Morgan fingerprint density at radius 1 is 1.53 bits per heavy atom. The average molecular weight is 305 g/mol. The first-order valence-electron chi connectivity index (χ1n) is 4.99. The third-order valence-electron chi connectivity index (χ3n) is 2.02. The number of anilines is 1. The molecule has 0 saturated heterocycles. The van der Waals surface area contributed by atoms with Crippen molar-refractivity contribution in [3.63, 3.8) is 0 Å². The van der Waals surface area contributed by atoms with E-state index in [4.69, 9.17) is 5.11 Å². The number of benzene rings is 1. The molecule has 0 saturated carbocycles. The fourth-order valence-electron chi connectivity index (χ4n) is 1.09. The van der Waals surface area contributed by atoms with Crippen molar-refractivity contribution < 1.29 is 14.3 Å². The lowest BCUT2D eigenvalue weighted by Crippen LogP contribution is -2.48. The minimum absolute atomic E-state index is 0.190. The summed E-state index contributed by atoms with van der Waals surface area (Å²) in [6.07, 6.45) is 0. The summed E-state index contributed by atoms with van der Waals surface area (Å²) in [5, 5.41) is 14.0. The highest BCUT2D eigenvalue weighted by molar-refractivity contribution is 9.10. The van der Waals surface area contributed by atoms with Crippen LogP contribution in [0.25, 0.3) is 0 Å². The van der Waals surface area contributed by atoms with E-state index in [0.717, 1.165) is 0 Å². The number of aliphatic hydroxyl groups is 1. The first kappa shape index (κ1) is 13.9. The number of hydrogen-bond donors (Lipinski definition) is 3. The normalized spacial score (nSPS) is 11.1. The Labute approximate surface area is 107 Å². The number of rotatable bonds is 3. The van der Waals surface area contributed by atoms with Crippen molar-refractivity contribution >= 4 is 27.6 Å². The third kappa shape index (κ3) is 4.32. The summed E-state index contributed by atoms with van der Waals surface area (Å²) in [7, 11) is 0. The van der Waals surface area contributed by atoms with Crippen molar-refractivity contribution in [2.75, 3.05) is 11.9 Å². The van der Waals surface area contributed by atoms with Crippen LogP contribution in [-0.2, 0) is 0 Å².